The third-order valence-electron chi connectivity index (χ3n) is 2.40. The van der Waals surface area contributed by atoms with E-state index in [-0.39, 0.29) is 13.4 Å². The van der Waals surface area contributed by atoms with E-state index >= 15 is 0 Å². The molecule has 0 fully saturated rings. The molecule has 0 saturated heterocycles. The molecule has 16 heavy (non-hydrogen) atoms. The van der Waals surface area contributed by atoms with Gasteiger partial charge in [-0.2, -0.15) is 0 Å². The Morgan fingerprint density at radius 3 is 2.94 bits per heavy atom. The first kappa shape index (κ1) is 11.0. The molecule has 1 heterocycles. The zero-order valence-electron chi connectivity index (χ0n) is 8.97. The van der Waals surface area contributed by atoms with Crippen molar-refractivity contribution in [3.8, 4) is 17.2 Å². The minimum absolute atomic E-state index is 0.178. The SMILES string of the molecule is COc1cc(C[C@@H](O)CO)cc2c1OCO2. The molecule has 0 unspecified atom stereocenters. The second kappa shape index (κ2) is 4.59. The number of benzene rings is 1. The third kappa shape index (κ3) is 2.05. The Bertz CT molecular complexity index is 377. The van der Waals surface area contributed by atoms with Crippen molar-refractivity contribution < 1.29 is 24.4 Å². The van der Waals surface area contributed by atoms with Gasteiger partial charge in [0.15, 0.2) is 11.5 Å². The molecule has 0 radical (unpaired) electrons. The van der Waals surface area contributed by atoms with Gasteiger partial charge in [-0.25, -0.2) is 0 Å². The van der Waals surface area contributed by atoms with Crippen molar-refractivity contribution in [2.45, 2.75) is 12.5 Å². The van der Waals surface area contributed by atoms with Crippen LogP contribution in [-0.2, 0) is 6.42 Å². The van der Waals surface area contributed by atoms with Crippen LogP contribution in [0.15, 0.2) is 12.1 Å². The van der Waals surface area contributed by atoms with Gasteiger partial charge in [-0.15, -0.1) is 0 Å². The molecule has 1 aromatic carbocycles. The van der Waals surface area contributed by atoms with E-state index in [4.69, 9.17) is 19.3 Å². The summed E-state index contributed by atoms with van der Waals surface area (Å²) in [6.07, 6.45) is -0.422. The summed E-state index contributed by atoms with van der Waals surface area (Å²) in [6, 6.07) is 3.55. The second-order valence-electron chi connectivity index (χ2n) is 3.57. The smallest absolute Gasteiger partial charge is 0.231 e. The zero-order chi connectivity index (χ0) is 11.5. The quantitative estimate of drug-likeness (QED) is 0.773. The van der Waals surface area contributed by atoms with Crippen LogP contribution in [0.5, 0.6) is 17.2 Å². The van der Waals surface area contributed by atoms with Gasteiger partial charge in [0.25, 0.3) is 0 Å². The van der Waals surface area contributed by atoms with E-state index in [0.717, 1.165) is 5.56 Å². The Morgan fingerprint density at radius 1 is 1.44 bits per heavy atom. The van der Waals surface area contributed by atoms with Crippen molar-refractivity contribution in [1.82, 2.24) is 0 Å². The fourth-order valence-corrected chi connectivity index (χ4v) is 1.64. The number of ether oxygens (including phenoxy) is 3. The van der Waals surface area contributed by atoms with Crippen molar-refractivity contribution in [1.29, 1.82) is 0 Å². The van der Waals surface area contributed by atoms with E-state index < -0.39 is 6.10 Å². The Hall–Kier alpha value is -1.46. The summed E-state index contributed by atoms with van der Waals surface area (Å²) in [7, 11) is 1.55. The van der Waals surface area contributed by atoms with Gasteiger partial charge in [-0.05, 0) is 17.7 Å². The zero-order valence-corrected chi connectivity index (χ0v) is 8.97. The lowest BCUT2D eigenvalue weighted by atomic mass is 10.1. The highest BCUT2D eigenvalue weighted by Gasteiger charge is 2.20. The highest BCUT2D eigenvalue weighted by molar-refractivity contribution is 5.55. The van der Waals surface area contributed by atoms with Crippen molar-refractivity contribution in [3.05, 3.63) is 17.7 Å². The van der Waals surface area contributed by atoms with Crippen LogP contribution < -0.4 is 14.2 Å². The fraction of sp³-hybridized carbons (Fsp3) is 0.455. The predicted molar refractivity (Wildman–Crippen MR) is 55.9 cm³/mol. The normalized spacial score (nSPS) is 14.9. The molecule has 5 nitrogen and oxygen atoms in total. The lowest BCUT2D eigenvalue weighted by Crippen LogP contribution is -2.15. The molecule has 88 valence electrons. The summed E-state index contributed by atoms with van der Waals surface area (Å²) in [5.74, 6) is 1.78. The number of rotatable bonds is 4. The first-order valence-electron chi connectivity index (χ1n) is 5.00. The van der Waals surface area contributed by atoms with Gasteiger partial charge in [-0.1, -0.05) is 0 Å². The van der Waals surface area contributed by atoms with Gasteiger partial charge < -0.3 is 24.4 Å². The van der Waals surface area contributed by atoms with Gasteiger partial charge in [-0.3, -0.25) is 0 Å². The van der Waals surface area contributed by atoms with E-state index in [0.29, 0.717) is 23.7 Å². The summed E-state index contributed by atoms with van der Waals surface area (Å²) in [5, 5.41) is 18.1. The van der Waals surface area contributed by atoms with Gasteiger partial charge in [0.2, 0.25) is 12.5 Å². The molecule has 1 atom stereocenters. The van der Waals surface area contributed by atoms with Crippen molar-refractivity contribution in [2.75, 3.05) is 20.5 Å². The molecule has 2 rings (SSSR count). The molecular weight excluding hydrogens is 212 g/mol. The predicted octanol–water partition coefficient (Wildman–Crippen LogP) is 0.320. The molecule has 5 heteroatoms. The Morgan fingerprint density at radius 2 is 2.25 bits per heavy atom. The molecule has 1 aromatic rings. The molecule has 0 aliphatic carbocycles. The average Bonchev–Trinajstić information content (AvgIpc) is 2.75. The number of hydrogen-bond acceptors (Lipinski definition) is 5. The van der Waals surface area contributed by atoms with E-state index in [9.17, 15) is 5.11 Å². The highest BCUT2D eigenvalue weighted by atomic mass is 16.7. The maximum atomic E-state index is 9.36. The first-order valence-corrected chi connectivity index (χ1v) is 5.00. The highest BCUT2D eigenvalue weighted by Crippen LogP contribution is 2.41. The fourth-order valence-electron chi connectivity index (χ4n) is 1.64. The van der Waals surface area contributed by atoms with Crippen molar-refractivity contribution >= 4 is 0 Å². The Labute approximate surface area is 93.2 Å². The van der Waals surface area contributed by atoms with Gasteiger partial charge in [0.1, 0.15) is 0 Å². The van der Waals surface area contributed by atoms with E-state index in [1.807, 2.05) is 0 Å². The summed E-state index contributed by atoms with van der Waals surface area (Å²) < 4.78 is 15.7. The maximum absolute atomic E-state index is 9.36. The minimum Gasteiger partial charge on any atom is -0.493 e. The Balaban J connectivity index is 2.27. The Kier molecular flexibility index (Phi) is 3.17. The summed E-state index contributed by atoms with van der Waals surface area (Å²) in [5.41, 5.74) is 0.836. The van der Waals surface area contributed by atoms with Gasteiger partial charge in [0, 0.05) is 6.42 Å². The summed E-state index contributed by atoms with van der Waals surface area (Å²) >= 11 is 0. The maximum Gasteiger partial charge on any atom is 0.231 e. The largest absolute Gasteiger partial charge is 0.493 e. The molecule has 0 aromatic heterocycles. The summed E-state index contributed by atoms with van der Waals surface area (Å²) in [4.78, 5) is 0. The molecule has 1 aliphatic rings. The van der Waals surface area contributed by atoms with Crippen LogP contribution in [0.25, 0.3) is 0 Å². The molecule has 2 N–H and O–H groups in total. The second-order valence-corrected chi connectivity index (χ2v) is 3.57. The van der Waals surface area contributed by atoms with E-state index in [2.05, 4.69) is 0 Å². The van der Waals surface area contributed by atoms with Crippen LogP contribution in [0.3, 0.4) is 0 Å². The van der Waals surface area contributed by atoms with Gasteiger partial charge in [0.05, 0.1) is 19.8 Å². The molecule has 0 bridgehead atoms. The molecular formula is C11H14O5. The number of aliphatic hydroxyl groups excluding tert-OH is 2. The summed E-state index contributed by atoms with van der Waals surface area (Å²) in [6.45, 7) is -0.0888. The van der Waals surface area contributed by atoms with Crippen LogP contribution in [0.2, 0.25) is 0 Å². The van der Waals surface area contributed by atoms with E-state index in [1.54, 1.807) is 19.2 Å². The van der Waals surface area contributed by atoms with Crippen LogP contribution in [-0.4, -0.2) is 36.8 Å². The third-order valence-corrected chi connectivity index (χ3v) is 2.40. The lowest BCUT2D eigenvalue weighted by Gasteiger charge is -2.10. The van der Waals surface area contributed by atoms with Crippen LogP contribution >= 0.6 is 0 Å². The van der Waals surface area contributed by atoms with Crippen molar-refractivity contribution in [3.63, 3.8) is 0 Å². The number of fused-ring (bicyclic) bond motifs is 1. The van der Waals surface area contributed by atoms with E-state index in [1.165, 1.54) is 0 Å². The molecule has 0 spiro atoms. The number of hydrogen-bond donors (Lipinski definition) is 2. The van der Waals surface area contributed by atoms with Gasteiger partial charge >= 0.3 is 0 Å². The molecule has 0 amide bonds. The molecule has 0 saturated carbocycles. The monoisotopic (exact) mass is 226 g/mol. The first-order chi connectivity index (χ1) is 7.74. The number of methoxy groups -OCH3 is 1. The topological polar surface area (TPSA) is 68.2 Å². The molecule has 1 aliphatic heterocycles. The van der Waals surface area contributed by atoms with Crippen LogP contribution in [0.4, 0.5) is 0 Å². The standard InChI is InChI=1S/C11H14O5/c1-14-9-3-7(2-8(13)5-12)4-10-11(9)16-6-15-10/h3-4,8,12-13H,2,5-6H2,1H3/t8-/m1/s1. The van der Waals surface area contributed by atoms with Crippen molar-refractivity contribution in [2.24, 2.45) is 0 Å². The minimum atomic E-state index is -0.773. The lowest BCUT2D eigenvalue weighted by molar-refractivity contribution is 0.0954. The number of aliphatic hydroxyl groups is 2. The average molecular weight is 226 g/mol. The van der Waals surface area contributed by atoms with Crippen LogP contribution in [0.1, 0.15) is 5.56 Å². The van der Waals surface area contributed by atoms with Crippen LogP contribution in [0, 0.1) is 0 Å².